The number of nitrogens with two attached hydrogens (primary N) is 2. The summed E-state index contributed by atoms with van der Waals surface area (Å²) in [6.45, 7) is 1.35. The monoisotopic (exact) mass is 333 g/mol. The van der Waals surface area contributed by atoms with Gasteiger partial charge in [0, 0.05) is 36.8 Å². The van der Waals surface area contributed by atoms with Gasteiger partial charge in [-0.15, -0.1) is 0 Å². The second-order valence-electron chi connectivity index (χ2n) is 5.20. The third kappa shape index (κ3) is 6.87. The molecular weight excluding hydrogens is 306 g/mol. The Morgan fingerprint density at radius 1 is 0.750 bits per heavy atom. The lowest BCUT2D eigenvalue weighted by molar-refractivity contribution is 0.281. The Bertz CT molecular complexity index is 570. The summed E-state index contributed by atoms with van der Waals surface area (Å²) in [7, 11) is 0. The van der Waals surface area contributed by atoms with E-state index in [0.717, 1.165) is 16.9 Å². The number of para-hydroxylation sites is 1. The minimum absolute atomic E-state index is 0.0738. The predicted molar refractivity (Wildman–Crippen MR) is 98.9 cm³/mol. The Labute approximate surface area is 143 Å². The smallest absolute Gasteiger partial charge is 0.0606 e. The van der Waals surface area contributed by atoms with Crippen LogP contribution in [0.5, 0.6) is 0 Å². The Kier molecular flexibility index (Phi) is 9.29. The van der Waals surface area contributed by atoms with E-state index in [9.17, 15) is 0 Å². The van der Waals surface area contributed by atoms with Crippen LogP contribution in [-0.2, 0) is 6.42 Å². The standard InChI is InChI=1S/C10H16N2O2.C8H11NO/c11-9-1-3-10(4-2-9)12(5-7-13)6-8-14;9-8-4-2-1-3-7(8)5-6-10/h1-4,13-14H,5-8,11H2;1-4,10H,5-6,9H2. The molecule has 0 spiro atoms. The lowest BCUT2D eigenvalue weighted by atomic mass is 10.1. The summed E-state index contributed by atoms with van der Waals surface area (Å²) in [5.74, 6) is 0. The summed E-state index contributed by atoms with van der Waals surface area (Å²) in [4.78, 5) is 1.90. The van der Waals surface area contributed by atoms with Crippen LogP contribution in [-0.4, -0.2) is 48.2 Å². The van der Waals surface area contributed by atoms with E-state index in [0.29, 0.717) is 25.2 Å². The number of hydrogen-bond acceptors (Lipinski definition) is 6. The molecule has 6 heteroatoms. The number of nitrogen functional groups attached to an aromatic ring is 2. The van der Waals surface area contributed by atoms with Gasteiger partial charge in [-0.05, 0) is 42.3 Å². The fourth-order valence-corrected chi connectivity index (χ4v) is 2.18. The van der Waals surface area contributed by atoms with Crippen molar-refractivity contribution in [1.82, 2.24) is 0 Å². The molecule has 0 atom stereocenters. The van der Waals surface area contributed by atoms with Crippen molar-refractivity contribution in [2.45, 2.75) is 6.42 Å². The van der Waals surface area contributed by atoms with Crippen molar-refractivity contribution in [2.24, 2.45) is 0 Å². The number of hydrogen-bond donors (Lipinski definition) is 5. The fraction of sp³-hybridized carbons (Fsp3) is 0.333. The zero-order valence-corrected chi connectivity index (χ0v) is 13.8. The molecule has 0 amide bonds. The maximum Gasteiger partial charge on any atom is 0.0606 e. The molecule has 0 radical (unpaired) electrons. The Morgan fingerprint density at radius 2 is 1.33 bits per heavy atom. The lowest BCUT2D eigenvalue weighted by Gasteiger charge is -2.22. The Balaban J connectivity index is 0.000000254. The first-order valence-corrected chi connectivity index (χ1v) is 7.88. The van der Waals surface area contributed by atoms with Gasteiger partial charge in [-0.3, -0.25) is 0 Å². The van der Waals surface area contributed by atoms with Gasteiger partial charge in [-0.2, -0.15) is 0 Å². The van der Waals surface area contributed by atoms with Crippen LogP contribution in [0.4, 0.5) is 17.1 Å². The van der Waals surface area contributed by atoms with Gasteiger partial charge in [0.25, 0.3) is 0 Å². The van der Waals surface area contributed by atoms with Crippen LogP contribution in [0.3, 0.4) is 0 Å². The van der Waals surface area contributed by atoms with Crippen molar-refractivity contribution < 1.29 is 15.3 Å². The average Bonchev–Trinajstić information content (AvgIpc) is 2.58. The van der Waals surface area contributed by atoms with Crippen LogP contribution in [0.1, 0.15) is 5.56 Å². The molecule has 6 nitrogen and oxygen atoms in total. The van der Waals surface area contributed by atoms with E-state index in [-0.39, 0.29) is 19.8 Å². The summed E-state index contributed by atoms with van der Waals surface area (Å²) >= 11 is 0. The quantitative estimate of drug-likeness (QED) is 0.480. The summed E-state index contributed by atoms with van der Waals surface area (Å²) in [5, 5.41) is 26.3. The lowest BCUT2D eigenvalue weighted by Crippen LogP contribution is -2.29. The highest BCUT2D eigenvalue weighted by Crippen LogP contribution is 2.15. The summed E-state index contributed by atoms with van der Waals surface area (Å²) in [6, 6.07) is 14.9. The second kappa shape index (κ2) is 11.3. The van der Waals surface area contributed by atoms with E-state index in [4.69, 9.17) is 26.8 Å². The van der Waals surface area contributed by atoms with E-state index in [1.165, 1.54) is 0 Å². The van der Waals surface area contributed by atoms with Gasteiger partial charge < -0.3 is 31.7 Å². The van der Waals surface area contributed by atoms with Crippen molar-refractivity contribution in [3.05, 3.63) is 54.1 Å². The van der Waals surface area contributed by atoms with Crippen molar-refractivity contribution in [2.75, 3.05) is 49.3 Å². The molecule has 0 saturated heterocycles. The maximum atomic E-state index is 8.83. The van der Waals surface area contributed by atoms with Gasteiger partial charge in [0.15, 0.2) is 0 Å². The normalized spacial score (nSPS) is 9.96. The molecule has 0 heterocycles. The Morgan fingerprint density at radius 3 is 1.83 bits per heavy atom. The van der Waals surface area contributed by atoms with Gasteiger partial charge in [-0.1, -0.05) is 18.2 Å². The molecule has 0 aliphatic heterocycles. The number of aliphatic hydroxyl groups is 3. The molecule has 2 aromatic carbocycles. The topological polar surface area (TPSA) is 116 Å². The summed E-state index contributed by atoms with van der Waals surface area (Å²) in [5.41, 5.74) is 14.6. The minimum atomic E-state index is 0.0738. The maximum absolute atomic E-state index is 8.83. The molecule has 24 heavy (non-hydrogen) atoms. The molecule has 2 rings (SSSR count). The van der Waals surface area contributed by atoms with Crippen LogP contribution in [0.2, 0.25) is 0 Å². The molecule has 0 bridgehead atoms. The molecule has 0 aliphatic rings. The second-order valence-corrected chi connectivity index (χ2v) is 5.20. The van der Waals surface area contributed by atoms with Gasteiger partial charge in [-0.25, -0.2) is 0 Å². The Hall–Kier alpha value is -2.28. The highest BCUT2D eigenvalue weighted by atomic mass is 16.3. The molecule has 7 N–H and O–H groups in total. The first-order valence-electron chi connectivity index (χ1n) is 7.88. The number of rotatable bonds is 7. The third-order valence-electron chi connectivity index (χ3n) is 3.43. The third-order valence-corrected chi connectivity index (χ3v) is 3.43. The van der Waals surface area contributed by atoms with E-state index in [1.807, 2.05) is 41.3 Å². The van der Waals surface area contributed by atoms with Crippen molar-refractivity contribution >= 4 is 17.1 Å². The molecule has 0 unspecified atom stereocenters. The largest absolute Gasteiger partial charge is 0.399 e. The molecule has 2 aromatic rings. The minimum Gasteiger partial charge on any atom is -0.399 e. The first-order chi connectivity index (χ1) is 11.6. The number of aliphatic hydroxyl groups excluding tert-OH is 3. The molecular formula is C18H27N3O3. The predicted octanol–water partition coefficient (Wildman–Crippen LogP) is 0.863. The number of nitrogens with zero attached hydrogens (tertiary/aromatic N) is 1. The zero-order chi connectivity index (χ0) is 17.8. The SMILES string of the molecule is Nc1ccc(N(CCO)CCO)cc1.Nc1ccccc1CCO. The number of benzene rings is 2. The van der Waals surface area contributed by atoms with Crippen molar-refractivity contribution in [3.63, 3.8) is 0 Å². The highest BCUT2D eigenvalue weighted by Gasteiger charge is 2.03. The fourth-order valence-electron chi connectivity index (χ4n) is 2.18. The molecule has 0 saturated carbocycles. The van der Waals surface area contributed by atoms with Crippen molar-refractivity contribution in [1.29, 1.82) is 0 Å². The first kappa shape index (κ1) is 19.8. The molecule has 132 valence electrons. The van der Waals surface area contributed by atoms with Crippen LogP contribution in [0.25, 0.3) is 0 Å². The average molecular weight is 333 g/mol. The van der Waals surface area contributed by atoms with Gasteiger partial charge in [0.1, 0.15) is 0 Å². The molecule has 0 aromatic heterocycles. The van der Waals surface area contributed by atoms with E-state index < -0.39 is 0 Å². The van der Waals surface area contributed by atoms with E-state index in [2.05, 4.69) is 0 Å². The van der Waals surface area contributed by atoms with Crippen LogP contribution < -0.4 is 16.4 Å². The van der Waals surface area contributed by atoms with E-state index in [1.54, 1.807) is 12.1 Å². The van der Waals surface area contributed by atoms with Crippen LogP contribution in [0.15, 0.2) is 48.5 Å². The van der Waals surface area contributed by atoms with Gasteiger partial charge >= 0.3 is 0 Å². The van der Waals surface area contributed by atoms with Crippen LogP contribution in [0, 0.1) is 0 Å². The van der Waals surface area contributed by atoms with Gasteiger partial charge in [0.2, 0.25) is 0 Å². The van der Waals surface area contributed by atoms with E-state index >= 15 is 0 Å². The van der Waals surface area contributed by atoms with Crippen molar-refractivity contribution in [3.8, 4) is 0 Å². The van der Waals surface area contributed by atoms with Gasteiger partial charge in [0.05, 0.1) is 13.2 Å². The molecule has 0 aliphatic carbocycles. The number of anilines is 3. The zero-order valence-electron chi connectivity index (χ0n) is 13.8. The molecule has 0 fully saturated rings. The summed E-state index contributed by atoms with van der Waals surface area (Å²) in [6.07, 6.45) is 0.646. The summed E-state index contributed by atoms with van der Waals surface area (Å²) < 4.78 is 0. The van der Waals surface area contributed by atoms with Crippen LogP contribution >= 0.6 is 0 Å². The highest BCUT2D eigenvalue weighted by molar-refractivity contribution is 5.53.